The van der Waals surface area contributed by atoms with E-state index in [2.05, 4.69) is 20.4 Å². The Morgan fingerprint density at radius 1 is 1.23 bits per heavy atom. The maximum atomic E-state index is 12.1. The number of hydrogen-bond acceptors (Lipinski definition) is 6. The number of aromatic nitrogens is 3. The molecule has 0 spiro atoms. The second-order valence-corrected chi connectivity index (χ2v) is 7.08. The summed E-state index contributed by atoms with van der Waals surface area (Å²) in [7, 11) is 0. The zero-order valence-corrected chi connectivity index (χ0v) is 14.1. The van der Waals surface area contributed by atoms with Crippen LogP contribution in [0.15, 0.2) is 44.6 Å². The summed E-state index contributed by atoms with van der Waals surface area (Å²) in [6, 6.07) is 8.42. The van der Waals surface area contributed by atoms with Gasteiger partial charge < -0.3 is 9.84 Å². The molecule has 2 atom stereocenters. The molecule has 1 aromatic carbocycles. The van der Waals surface area contributed by atoms with Crippen LogP contribution in [0.25, 0.3) is 16.8 Å². The minimum absolute atomic E-state index is 0.393. The van der Waals surface area contributed by atoms with Gasteiger partial charge in [0.2, 0.25) is 0 Å². The van der Waals surface area contributed by atoms with Crippen molar-refractivity contribution in [3.8, 4) is 5.82 Å². The van der Waals surface area contributed by atoms with Gasteiger partial charge in [0.25, 0.3) is 5.56 Å². The number of rotatable bonds is 3. The number of piperazine rings is 1. The van der Waals surface area contributed by atoms with Crippen molar-refractivity contribution in [2.24, 2.45) is 0 Å². The van der Waals surface area contributed by atoms with Gasteiger partial charge in [0.05, 0.1) is 5.39 Å². The molecule has 8 heteroatoms. The third kappa shape index (κ3) is 2.58. The summed E-state index contributed by atoms with van der Waals surface area (Å²) in [6.07, 6.45) is 3.91. The summed E-state index contributed by atoms with van der Waals surface area (Å²) in [6.45, 7) is 2.99. The van der Waals surface area contributed by atoms with E-state index < -0.39 is 11.2 Å². The van der Waals surface area contributed by atoms with E-state index in [4.69, 9.17) is 4.52 Å². The molecule has 0 amide bonds. The van der Waals surface area contributed by atoms with Crippen LogP contribution in [-0.4, -0.2) is 44.8 Å². The molecule has 134 valence electrons. The summed E-state index contributed by atoms with van der Waals surface area (Å²) < 4.78 is 6.65. The van der Waals surface area contributed by atoms with Gasteiger partial charge in [0, 0.05) is 44.0 Å². The number of aromatic amines is 1. The molecule has 3 aromatic rings. The summed E-state index contributed by atoms with van der Waals surface area (Å²) in [5.41, 5.74) is 0.807. The lowest BCUT2D eigenvalue weighted by Crippen LogP contribution is -2.60. The van der Waals surface area contributed by atoms with Crippen molar-refractivity contribution in [2.45, 2.75) is 31.5 Å². The third-order valence-corrected chi connectivity index (χ3v) is 5.41. The van der Waals surface area contributed by atoms with Gasteiger partial charge in [-0.15, -0.1) is 0 Å². The molecule has 2 bridgehead atoms. The van der Waals surface area contributed by atoms with E-state index in [0.29, 0.717) is 23.5 Å². The molecule has 0 radical (unpaired) electrons. The highest BCUT2D eigenvalue weighted by Crippen LogP contribution is 2.26. The van der Waals surface area contributed by atoms with E-state index in [1.54, 1.807) is 0 Å². The van der Waals surface area contributed by atoms with Crippen LogP contribution >= 0.6 is 0 Å². The van der Waals surface area contributed by atoms with Gasteiger partial charge in [-0.05, 0) is 30.5 Å². The first kappa shape index (κ1) is 15.5. The Hall–Kier alpha value is -2.71. The predicted molar refractivity (Wildman–Crippen MR) is 95.4 cm³/mol. The lowest BCUT2D eigenvalue weighted by Gasteiger charge is -2.46. The molecule has 26 heavy (non-hydrogen) atoms. The van der Waals surface area contributed by atoms with Crippen LogP contribution < -0.4 is 16.6 Å². The Balaban J connectivity index is 1.51. The van der Waals surface area contributed by atoms with Gasteiger partial charge in [-0.25, -0.2) is 9.36 Å². The summed E-state index contributed by atoms with van der Waals surface area (Å²) in [5, 5.41) is 8.35. The number of nitrogens with zero attached hydrogens (tertiary/aromatic N) is 3. The number of hydrogen-bond donors (Lipinski definition) is 2. The van der Waals surface area contributed by atoms with Crippen molar-refractivity contribution in [2.75, 3.05) is 13.1 Å². The number of piperidine rings is 2. The van der Waals surface area contributed by atoms with Crippen LogP contribution in [0.3, 0.4) is 0 Å². The first-order valence-electron chi connectivity index (χ1n) is 8.85. The maximum absolute atomic E-state index is 12.1. The Labute approximate surface area is 148 Å². The largest absolute Gasteiger partial charge is 0.354 e. The molecule has 0 aliphatic carbocycles. The molecule has 3 saturated heterocycles. The van der Waals surface area contributed by atoms with E-state index in [0.717, 1.165) is 30.6 Å². The average Bonchev–Trinajstić information content (AvgIpc) is 3.06. The number of fused-ring (bicyclic) bond motifs is 4. The molecule has 5 heterocycles. The summed E-state index contributed by atoms with van der Waals surface area (Å²) in [5.74, 6) is 0.393. The highest BCUT2D eigenvalue weighted by molar-refractivity contribution is 5.84. The Morgan fingerprint density at radius 2 is 2.15 bits per heavy atom. The van der Waals surface area contributed by atoms with E-state index in [1.165, 1.54) is 29.7 Å². The molecule has 6 rings (SSSR count). The first-order chi connectivity index (χ1) is 12.7. The molecular formula is C18H19N5O3. The van der Waals surface area contributed by atoms with Gasteiger partial charge in [-0.1, -0.05) is 11.2 Å². The fourth-order valence-corrected chi connectivity index (χ4v) is 4.06. The molecule has 2 unspecified atom stereocenters. The van der Waals surface area contributed by atoms with E-state index in [-0.39, 0.29) is 0 Å². The second kappa shape index (κ2) is 5.93. The van der Waals surface area contributed by atoms with Crippen LogP contribution in [-0.2, 0) is 6.54 Å². The van der Waals surface area contributed by atoms with Crippen LogP contribution in [0.2, 0.25) is 0 Å². The van der Waals surface area contributed by atoms with Crippen LogP contribution in [0, 0.1) is 0 Å². The Kier molecular flexibility index (Phi) is 3.54. The quantitative estimate of drug-likeness (QED) is 0.716. The Morgan fingerprint density at radius 3 is 2.88 bits per heavy atom. The summed E-state index contributed by atoms with van der Waals surface area (Å²) >= 11 is 0. The standard InChI is InChI=1S/C18H19N5O3/c24-16-5-6-23(18(25)20-16)17-14-7-11(1-4-15(14)26-21-17)9-22-10-12-2-3-13(22)8-19-12/h1,4-7,12-13,19H,2-3,8-10H2,(H,20,24,25). The van der Waals surface area contributed by atoms with Gasteiger partial charge >= 0.3 is 5.69 Å². The van der Waals surface area contributed by atoms with Crippen molar-refractivity contribution in [1.82, 2.24) is 24.9 Å². The van der Waals surface area contributed by atoms with Crippen molar-refractivity contribution < 1.29 is 4.52 Å². The van der Waals surface area contributed by atoms with Crippen molar-refractivity contribution in [3.63, 3.8) is 0 Å². The fraction of sp³-hybridized carbons (Fsp3) is 0.389. The minimum atomic E-state index is -0.530. The summed E-state index contributed by atoms with van der Waals surface area (Å²) in [4.78, 5) is 28.1. The van der Waals surface area contributed by atoms with Gasteiger partial charge in [0.1, 0.15) is 0 Å². The molecule has 2 aromatic heterocycles. The zero-order valence-electron chi connectivity index (χ0n) is 14.1. The normalized spacial score (nSPS) is 22.9. The molecular weight excluding hydrogens is 334 g/mol. The highest BCUT2D eigenvalue weighted by atomic mass is 16.5. The third-order valence-electron chi connectivity index (χ3n) is 5.41. The van der Waals surface area contributed by atoms with Crippen LogP contribution in [0.5, 0.6) is 0 Å². The maximum Gasteiger partial charge on any atom is 0.334 e. The lowest BCUT2D eigenvalue weighted by molar-refractivity contribution is 0.0686. The molecule has 3 aliphatic rings. The van der Waals surface area contributed by atoms with Crippen LogP contribution in [0.4, 0.5) is 0 Å². The van der Waals surface area contributed by atoms with Gasteiger partial charge in [-0.3, -0.25) is 14.7 Å². The van der Waals surface area contributed by atoms with E-state index in [1.807, 2.05) is 18.2 Å². The van der Waals surface area contributed by atoms with Gasteiger partial charge in [-0.2, -0.15) is 0 Å². The monoisotopic (exact) mass is 353 g/mol. The molecule has 2 N–H and O–H groups in total. The number of H-pyrrole nitrogens is 1. The molecule has 8 nitrogen and oxygen atoms in total. The van der Waals surface area contributed by atoms with Crippen molar-refractivity contribution in [3.05, 3.63) is 56.9 Å². The van der Waals surface area contributed by atoms with E-state index in [9.17, 15) is 9.59 Å². The smallest absolute Gasteiger partial charge is 0.334 e. The number of benzene rings is 1. The second-order valence-electron chi connectivity index (χ2n) is 7.08. The SMILES string of the molecule is O=c1ccn(-c2noc3ccc(CN4CC5CCC4CN5)cc23)c(=O)[nH]1. The zero-order chi connectivity index (χ0) is 17.7. The Bertz CT molecular complexity index is 1070. The first-order valence-corrected chi connectivity index (χ1v) is 8.85. The van der Waals surface area contributed by atoms with Crippen molar-refractivity contribution in [1.29, 1.82) is 0 Å². The topological polar surface area (TPSA) is 96.2 Å². The molecule has 0 saturated carbocycles. The van der Waals surface area contributed by atoms with Crippen molar-refractivity contribution >= 4 is 11.0 Å². The van der Waals surface area contributed by atoms with E-state index >= 15 is 0 Å². The minimum Gasteiger partial charge on any atom is -0.354 e. The number of nitrogens with one attached hydrogen (secondary N) is 2. The van der Waals surface area contributed by atoms with Crippen LogP contribution in [0.1, 0.15) is 18.4 Å². The molecule has 3 fully saturated rings. The predicted octanol–water partition coefficient (Wildman–Crippen LogP) is 0.603. The molecule has 3 aliphatic heterocycles. The highest BCUT2D eigenvalue weighted by Gasteiger charge is 2.33. The fourth-order valence-electron chi connectivity index (χ4n) is 4.06. The lowest BCUT2D eigenvalue weighted by atomic mass is 9.92. The van der Waals surface area contributed by atoms with Gasteiger partial charge in [0.15, 0.2) is 11.4 Å². The average molecular weight is 353 g/mol.